The number of halogens is 2. The van der Waals surface area contributed by atoms with E-state index in [0.29, 0.717) is 144 Å². The second-order valence-electron chi connectivity index (χ2n) is 33.6. The van der Waals surface area contributed by atoms with Crippen molar-refractivity contribution in [3.8, 4) is 65.5 Å². The number of Topliss-reactive ketones (excluding diaryl/α,β-unsaturated/α-hetero) is 4. The van der Waals surface area contributed by atoms with E-state index in [4.69, 9.17) is 34.1 Å². The quantitative estimate of drug-likeness (QED) is 0.0140. The molecule has 0 saturated heterocycles. The number of benzene rings is 8. The first-order chi connectivity index (χ1) is 64.3. The molecule has 134 heavy (non-hydrogen) atoms. The van der Waals surface area contributed by atoms with Gasteiger partial charge in [0.1, 0.15) is 29.0 Å². The third-order valence-electron chi connectivity index (χ3n) is 23.4. The number of rotatable bonds is 33. The fourth-order valence-electron chi connectivity index (χ4n) is 14.8. The first-order valence-corrected chi connectivity index (χ1v) is 45.7. The van der Waals surface area contributed by atoms with Crippen molar-refractivity contribution < 1.29 is 53.1 Å². The summed E-state index contributed by atoms with van der Waals surface area (Å²) in [5.41, 5.74) is 33.9. The minimum Gasteiger partial charge on any atom is -0.497 e. The van der Waals surface area contributed by atoms with Gasteiger partial charge in [-0.2, -0.15) is 0 Å². The molecule has 4 aromatic heterocycles. The van der Waals surface area contributed by atoms with Gasteiger partial charge >= 0.3 is 0 Å². The van der Waals surface area contributed by atoms with Crippen LogP contribution in [0.5, 0.6) is 5.75 Å². The van der Waals surface area contributed by atoms with Gasteiger partial charge in [-0.25, -0.2) is 28.7 Å². The fourth-order valence-corrected chi connectivity index (χ4v) is 14.8. The number of aliphatic hydroxyl groups excluding tert-OH is 4. The number of hydrogen-bond donors (Lipinski definition) is 8. The molecular formula is C111H124F2N12O9. The molecule has 0 radical (unpaired) electrons. The molecular weight excluding hydrogens is 1680 g/mol. The zero-order chi connectivity index (χ0) is 97.1. The van der Waals surface area contributed by atoms with E-state index in [0.717, 1.165) is 130 Å². The zero-order valence-corrected chi connectivity index (χ0v) is 78.9. The average molecular weight is 1810 g/mol. The van der Waals surface area contributed by atoms with Crippen LogP contribution in [0.2, 0.25) is 0 Å². The van der Waals surface area contributed by atoms with Crippen molar-refractivity contribution in [1.82, 2.24) is 39.5 Å². The highest BCUT2D eigenvalue weighted by molar-refractivity contribution is 6.00. The van der Waals surface area contributed by atoms with Crippen molar-refractivity contribution in [2.45, 2.75) is 157 Å². The normalized spacial score (nSPS) is 11.9. The number of fused-ring (bicyclic) bond motifs is 4. The van der Waals surface area contributed by atoms with Crippen LogP contribution in [0.25, 0.3) is 43.1 Å². The minimum absolute atomic E-state index is 0.0115. The van der Waals surface area contributed by atoms with Crippen molar-refractivity contribution >= 4 is 89.5 Å². The predicted molar refractivity (Wildman–Crippen MR) is 537 cm³/mol. The first kappa shape index (κ1) is 104. The van der Waals surface area contributed by atoms with Gasteiger partial charge in [-0.3, -0.25) is 19.2 Å². The molecule has 0 bridgehead atoms. The van der Waals surface area contributed by atoms with Gasteiger partial charge in [0.15, 0.2) is 34.8 Å². The Morgan fingerprint density at radius 2 is 0.619 bits per heavy atom. The summed E-state index contributed by atoms with van der Waals surface area (Å²) < 4.78 is 32.5. The minimum atomic E-state index is -0.985. The second kappa shape index (κ2) is 51.4. The van der Waals surface area contributed by atoms with E-state index in [1.54, 1.807) is 86.4 Å². The molecule has 0 fully saturated rings. The van der Waals surface area contributed by atoms with Crippen LogP contribution in [-0.4, -0.2) is 193 Å². The van der Waals surface area contributed by atoms with E-state index in [2.05, 4.69) is 173 Å². The Hall–Kier alpha value is -13.6. The monoisotopic (exact) mass is 1810 g/mol. The molecule has 4 atom stereocenters. The second-order valence-corrected chi connectivity index (χ2v) is 33.6. The average Bonchev–Trinajstić information content (AvgIpc) is 0.780. The Bertz CT molecular complexity index is 6350. The Morgan fingerprint density at radius 3 is 0.910 bits per heavy atom. The van der Waals surface area contributed by atoms with E-state index >= 15 is 0 Å². The molecule has 0 spiro atoms. The number of carbonyl (C=O) groups is 4. The number of ketones is 4. The smallest absolute Gasteiger partial charge is 0.162 e. The van der Waals surface area contributed by atoms with Gasteiger partial charge in [0, 0.05) is 170 Å². The largest absolute Gasteiger partial charge is 0.497 e. The summed E-state index contributed by atoms with van der Waals surface area (Å²) >= 11 is 0. The number of terminal acetylenes is 1. The number of nitrogens with zero attached hydrogens (tertiary/aromatic N) is 8. The van der Waals surface area contributed by atoms with Gasteiger partial charge in [0.2, 0.25) is 0 Å². The van der Waals surface area contributed by atoms with E-state index in [-0.39, 0.29) is 40.8 Å². The highest BCUT2D eigenvalue weighted by Gasteiger charge is 2.21. The summed E-state index contributed by atoms with van der Waals surface area (Å²) in [7, 11) is 1.62. The lowest BCUT2D eigenvalue weighted by Crippen LogP contribution is -2.32. The summed E-state index contributed by atoms with van der Waals surface area (Å²) in [6.07, 6.45) is 13.0. The molecule has 23 heteroatoms. The highest BCUT2D eigenvalue weighted by Crippen LogP contribution is 2.32. The molecule has 12 rings (SSSR count). The van der Waals surface area contributed by atoms with Gasteiger partial charge in [0.05, 0.1) is 53.8 Å². The van der Waals surface area contributed by atoms with Gasteiger partial charge < -0.3 is 67.7 Å². The summed E-state index contributed by atoms with van der Waals surface area (Å²) in [5, 5.41) is 47.1. The SMILES string of the molecule is C#Cc1ccc2cnc(N)c(C#Cc3ccc(C(=O)CCC(O)CN(CC)CC)cc3)c2c1.CCN(CC)CC(O)CCC(=O)c1ccc(C#Cc2c(N)ncc3cc(F)c(F)cc23)cc1.CCN(CC)CC(O)CCC(=O)c1ccc(C#Cc2c(N)ncc3ccc(C(C)(C)C)cc23)cc1.CCN(CC)CC(O)CCC(=O)c1ccc(C#Cc2c(N)ncc3ccc(OC)cc23)cc1. The number of methoxy groups -OCH3 is 1. The maximum absolute atomic E-state index is 13.7. The third kappa shape index (κ3) is 30.5. The van der Waals surface area contributed by atoms with Crippen molar-refractivity contribution in [3.63, 3.8) is 0 Å². The molecule has 12 aromatic rings. The van der Waals surface area contributed by atoms with Gasteiger partial charge in [-0.1, -0.05) is 196 Å². The van der Waals surface area contributed by atoms with Crippen LogP contribution in [-0.2, 0) is 5.41 Å². The number of anilines is 4. The molecule has 0 aliphatic heterocycles. The Kier molecular flexibility index (Phi) is 40.0. The molecule has 12 N–H and O–H groups in total. The third-order valence-corrected chi connectivity index (χ3v) is 23.4. The number of pyridine rings is 4. The molecule has 4 unspecified atom stereocenters. The Balaban J connectivity index is 0.000000201. The van der Waals surface area contributed by atoms with Crippen LogP contribution in [0.15, 0.2) is 189 Å². The molecule has 4 heterocycles. The number of hydrogen-bond acceptors (Lipinski definition) is 21. The lowest BCUT2D eigenvalue weighted by atomic mass is 9.85. The topological polar surface area (TPSA) is 327 Å². The van der Waals surface area contributed by atoms with Crippen molar-refractivity contribution in [2.24, 2.45) is 0 Å². The fraction of sp³-hybridized carbons (Fsp3) is 0.333. The maximum atomic E-state index is 13.7. The van der Waals surface area contributed by atoms with Crippen molar-refractivity contribution in [1.29, 1.82) is 0 Å². The van der Waals surface area contributed by atoms with Crippen LogP contribution >= 0.6 is 0 Å². The molecule has 0 saturated carbocycles. The Morgan fingerprint density at radius 1 is 0.358 bits per heavy atom. The maximum Gasteiger partial charge on any atom is 0.162 e. The summed E-state index contributed by atoms with van der Waals surface area (Å²) in [6, 6.07) is 48.2. The lowest BCUT2D eigenvalue weighted by Gasteiger charge is -2.21. The number of nitrogens with two attached hydrogens (primary N) is 4. The number of ether oxygens (including phenoxy) is 1. The number of aromatic nitrogens is 4. The summed E-state index contributed by atoms with van der Waals surface area (Å²) in [4.78, 5) is 75.5. The van der Waals surface area contributed by atoms with Crippen molar-refractivity contribution in [3.05, 3.63) is 278 Å². The molecule has 0 aliphatic carbocycles. The lowest BCUT2D eigenvalue weighted by molar-refractivity contribution is 0.0874. The van der Waals surface area contributed by atoms with Gasteiger partial charge in [-0.05, 0) is 186 Å². The standard InChI is InChI=1S/C30H37N3O2.C28H29N3O2.C27H31N3O3.C26H27F2N3O2/c1-6-33(7-2)20-25(34)15-17-28(35)22-11-8-21(9-12-22)10-16-26-27-18-24(30(3,4)5)14-13-23(27)19-32-29(26)31;1-4-20-7-13-23-18-30-28(29)25(26(23)17-20)15-10-21-8-11-22(12-9-21)27(33)16-14-24(32)19-31(5-2)6-3;1-4-30(5-2)18-22(31)12-15-26(32)20-9-6-19(7-10-20)8-14-24-25-16-23(33-3)13-11-21(25)17-29-27(24)28;1-3-31(4-2)16-20(32)10-12-25(33)18-8-5-17(6-9-18)7-11-21-22-14-24(28)23(27)13-19(22)15-30-26(21)29/h8-9,11-14,18-19,25,34H,6-7,15,17,20H2,1-5H3,(H2,31,32);1,7-9,11-13,17-18,24,32H,5-6,14,16,19H2,2-3H3,(H2,29,30);6-7,9-11,13,16-17,22,31H,4-5,12,15,18H2,1-3H3,(H2,28,29);5-6,8-9,13-15,20,32H,3-4,10,12,16H2,1-2H3,(H2,29,30). The van der Waals surface area contributed by atoms with Crippen LogP contribution in [0.3, 0.4) is 0 Å². The number of likely N-dealkylation sites (N-methyl/N-ethyl adjacent to an activating group) is 4. The predicted octanol–water partition coefficient (Wildman–Crippen LogP) is 17.1. The number of nitrogen functional groups attached to an aromatic ring is 4. The van der Waals surface area contributed by atoms with Crippen LogP contribution in [0.4, 0.5) is 32.1 Å². The van der Waals surface area contributed by atoms with E-state index in [9.17, 15) is 48.4 Å². The van der Waals surface area contributed by atoms with E-state index in [1.165, 1.54) is 11.8 Å². The summed E-state index contributed by atoms with van der Waals surface area (Å²) in [6.45, 7) is 32.4. The molecule has 0 aliphatic rings. The van der Waals surface area contributed by atoms with Crippen LogP contribution in [0.1, 0.15) is 225 Å². The highest BCUT2D eigenvalue weighted by atomic mass is 19.2. The number of carbonyl (C=O) groups excluding carboxylic acids is 4. The van der Waals surface area contributed by atoms with E-state index < -0.39 is 36.1 Å². The van der Waals surface area contributed by atoms with E-state index in [1.807, 2.05) is 86.6 Å². The van der Waals surface area contributed by atoms with Crippen LogP contribution in [0, 0.1) is 71.3 Å². The molecule has 0 amide bonds. The van der Waals surface area contributed by atoms with Gasteiger partial charge in [-0.15, -0.1) is 6.42 Å². The van der Waals surface area contributed by atoms with Gasteiger partial charge in [0.25, 0.3) is 0 Å². The Labute approximate surface area is 787 Å². The first-order valence-electron chi connectivity index (χ1n) is 45.7. The number of aliphatic hydroxyl groups is 4. The molecule has 696 valence electrons. The molecule has 21 nitrogen and oxygen atoms in total. The van der Waals surface area contributed by atoms with Crippen molar-refractivity contribution in [2.75, 3.05) is 109 Å². The summed E-state index contributed by atoms with van der Waals surface area (Å²) in [5.74, 6) is 27.3. The zero-order valence-electron chi connectivity index (χ0n) is 78.9. The van der Waals surface area contributed by atoms with Crippen LogP contribution < -0.4 is 27.7 Å². The molecule has 8 aromatic carbocycles.